The average Bonchev–Trinajstić information content (AvgIpc) is 3.20. The summed E-state index contributed by atoms with van der Waals surface area (Å²) in [6.45, 7) is 3.89. The second-order valence-electron chi connectivity index (χ2n) is 5.86. The Labute approximate surface area is 142 Å². The lowest BCUT2D eigenvalue weighted by atomic mass is 10.0. The van der Waals surface area contributed by atoms with E-state index in [-0.39, 0.29) is 5.79 Å². The summed E-state index contributed by atoms with van der Waals surface area (Å²) >= 11 is 3.51. The van der Waals surface area contributed by atoms with Crippen molar-refractivity contribution in [3.05, 3.63) is 34.6 Å². The van der Waals surface area contributed by atoms with Gasteiger partial charge >= 0.3 is 0 Å². The summed E-state index contributed by atoms with van der Waals surface area (Å²) in [6, 6.07) is 7.84. The van der Waals surface area contributed by atoms with Gasteiger partial charge in [-0.15, -0.1) is 10.2 Å². The molecule has 1 aromatic carbocycles. The third-order valence-corrected chi connectivity index (χ3v) is 5.05. The Bertz CT molecular complexity index is 675. The van der Waals surface area contributed by atoms with E-state index in [1.54, 1.807) is 0 Å². The molecule has 3 heterocycles. The molecule has 0 saturated carbocycles. The number of rotatable bonds is 3. The molecule has 0 bridgehead atoms. The molecule has 2 aliphatic rings. The van der Waals surface area contributed by atoms with Crippen LogP contribution in [0.15, 0.2) is 33.2 Å². The molecule has 0 N–H and O–H groups in total. The van der Waals surface area contributed by atoms with Gasteiger partial charge in [0.2, 0.25) is 11.8 Å². The molecule has 2 aliphatic heterocycles. The number of hydrogen-bond acceptors (Lipinski definition) is 6. The highest BCUT2D eigenvalue weighted by atomic mass is 79.9. The van der Waals surface area contributed by atoms with Crippen LogP contribution < -0.4 is 0 Å². The van der Waals surface area contributed by atoms with Gasteiger partial charge in [0.1, 0.15) is 0 Å². The van der Waals surface area contributed by atoms with Gasteiger partial charge in [-0.25, -0.2) is 0 Å². The number of piperidine rings is 1. The first-order chi connectivity index (χ1) is 11.2. The molecule has 1 aromatic heterocycles. The first kappa shape index (κ1) is 15.3. The highest BCUT2D eigenvalue weighted by Gasteiger charge is 2.39. The lowest BCUT2D eigenvalue weighted by Crippen LogP contribution is -2.44. The molecular formula is C16H18BrN3O3. The van der Waals surface area contributed by atoms with Gasteiger partial charge < -0.3 is 13.9 Å². The van der Waals surface area contributed by atoms with Crippen molar-refractivity contribution in [1.82, 2.24) is 15.1 Å². The van der Waals surface area contributed by atoms with Gasteiger partial charge in [-0.05, 0) is 28.1 Å². The molecule has 6 nitrogen and oxygen atoms in total. The van der Waals surface area contributed by atoms with E-state index in [0.717, 1.165) is 36.0 Å². The first-order valence-electron chi connectivity index (χ1n) is 7.82. The van der Waals surface area contributed by atoms with E-state index in [2.05, 4.69) is 31.0 Å². The largest absolute Gasteiger partial charge is 0.419 e. The maximum atomic E-state index is 5.81. The van der Waals surface area contributed by atoms with Crippen molar-refractivity contribution in [2.45, 2.75) is 25.2 Å². The molecule has 2 fully saturated rings. The van der Waals surface area contributed by atoms with E-state index in [4.69, 9.17) is 13.9 Å². The smallest absolute Gasteiger partial charge is 0.248 e. The zero-order valence-electron chi connectivity index (χ0n) is 12.7. The molecule has 7 heteroatoms. The van der Waals surface area contributed by atoms with E-state index in [9.17, 15) is 0 Å². The molecule has 4 rings (SSSR count). The van der Waals surface area contributed by atoms with E-state index < -0.39 is 0 Å². The molecule has 23 heavy (non-hydrogen) atoms. The highest BCUT2D eigenvalue weighted by Crippen LogP contribution is 2.32. The minimum absolute atomic E-state index is 0.342. The van der Waals surface area contributed by atoms with Crippen LogP contribution in [0.2, 0.25) is 0 Å². The highest BCUT2D eigenvalue weighted by molar-refractivity contribution is 9.10. The maximum Gasteiger partial charge on any atom is 0.248 e. The number of benzene rings is 1. The zero-order valence-corrected chi connectivity index (χ0v) is 14.3. The summed E-state index contributed by atoms with van der Waals surface area (Å²) in [5.74, 6) is 0.842. The fourth-order valence-corrected chi connectivity index (χ4v) is 3.54. The van der Waals surface area contributed by atoms with Gasteiger partial charge in [-0.1, -0.05) is 12.1 Å². The average molecular weight is 380 g/mol. The van der Waals surface area contributed by atoms with E-state index in [1.165, 1.54) is 0 Å². The Hall–Kier alpha value is -1.28. The fourth-order valence-electron chi connectivity index (χ4n) is 3.09. The number of nitrogens with zero attached hydrogens (tertiary/aromatic N) is 3. The zero-order chi connectivity index (χ0) is 15.7. The van der Waals surface area contributed by atoms with Crippen LogP contribution in [0.1, 0.15) is 18.7 Å². The van der Waals surface area contributed by atoms with Crippen LogP contribution in [0.25, 0.3) is 11.5 Å². The SMILES string of the molecule is Brc1ccccc1-c1nnc(CN2CCC3(CC2)OCCO3)o1. The topological polar surface area (TPSA) is 60.6 Å². The summed E-state index contributed by atoms with van der Waals surface area (Å²) in [5.41, 5.74) is 0.914. The normalized spacial score (nSPS) is 21.1. The maximum absolute atomic E-state index is 5.81. The molecule has 0 unspecified atom stereocenters. The van der Waals surface area contributed by atoms with Crippen molar-refractivity contribution >= 4 is 15.9 Å². The molecule has 122 valence electrons. The second kappa shape index (κ2) is 6.32. The van der Waals surface area contributed by atoms with E-state index in [1.807, 2.05) is 24.3 Å². The number of ether oxygens (including phenoxy) is 2. The molecule has 2 saturated heterocycles. The Kier molecular flexibility index (Phi) is 4.19. The molecule has 0 radical (unpaired) electrons. The van der Waals surface area contributed by atoms with Crippen molar-refractivity contribution in [2.75, 3.05) is 26.3 Å². The lowest BCUT2D eigenvalue weighted by Gasteiger charge is -2.36. The lowest BCUT2D eigenvalue weighted by molar-refractivity contribution is -0.186. The summed E-state index contributed by atoms with van der Waals surface area (Å²) < 4.78 is 18.3. The Morgan fingerprint density at radius 1 is 1.09 bits per heavy atom. The van der Waals surface area contributed by atoms with Crippen LogP contribution in [0.3, 0.4) is 0 Å². The van der Waals surface area contributed by atoms with Crippen molar-refractivity contribution < 1.29 is 13.9 Å². The summed E-state index contributed by atoms with van der Waals surface area (Å²) in [7, 11) is 0. The predicted molar refractivity (Wildman–Crippen MR) is 86.6 cm³/mol. The minimum Gasteiger partial charge on any atom is -0.419 e. The molecule has 1 spiro atoms. The summed E-state index contributed by atoms with van der Waals surface area (Å²) in [6.07, 6.45) is 1.77. The predicted octanol–water partition coefficient (Wildman–Crippen LogP) is 2.84. The number of aromatic nitrogens is 2. The Balaban J connectivity index is 1.40. The number of likely N-dealkylation sites (tertiary alicyclic amines) is 1. The van der Waals surface area contributed by atoms with E-state index >= 15 is 0 Å². The van der Waals surface area contributed by atoms with Gasteiger partial charge in [-0.3, -0.25) is 4.90 Å². The van der Waals surface area contributed by atoms with Crippen LogP contribution in [0.4, 0.5) is 0 Å². The van der Waals surface area contributed by atoms with Crippen LogP contribution in [-0.4, -0.2) is 47.2 Å². The van der Waals surface area contributed by atoms with Crippen LogP contribution >= 0.6 is 15.9 Å². The third-order valence-electron chi connectivity index (χ3n) is 4.36. The number of halogens is 1. The molecule has 0 amide bonds. The fraction of sp³-hybridized carbons (Fsp3) is 0.500. The van der Waals surface area contributed by atoms with Crippen molar-refractivity contribution in [1.29, 1.82) is 0 Å². The summed E-state index contributed by atoms with van der Waals surface area (Å²) in [5, 5.41) is 8.34. The van der Waals surface area contributed by atoms with Crippen molar-refractivity contribution in [3.63, 3.8) is 0 Å². The molecular weight excluding hydrogens is 362 g/mol. The molecule has 0 aliphatic carbocycles. The Morgan fingerprint density at radius 2 is 1.83 bits per heavy atom. The van der Waals surface area contributed by atoms with Crippen molar-refractivity contribution in [2.24, 2.45) is 0 Å². The third kappa shape index (κ3) is 3.19. The molecule has 0 atom stereocenters. The van der Waals surface area contributed by atoms with E-state index in [0.29, 0.717) is 31.5 Å². The van der Waals surface area contributed by atoms with Crippen LogP contribution in [-0.2, 0) is 16.0 Å². The molecule has 2 aromatic rings. The monoisotopic (exact) mass is 379 g/mol. The van der Waals surface area contributed by atoms with Gasteiger partial charge in [0, 0.05) is 30.4 Å². The van der Waals surface area contributed by atoms with Crippen molar-refractivity contribution in [3.8, 4) is 11.5 Å². The number of hydrogen-bond donors (Lipinski definition) is 0. The van der Waals surface area contributed by atoms with Gasteiger partial charge in [0.15, 0.2) is 5.79 Å². The van der Waals surface area contributed by atoms with Crippen LogP contribution in [0, 0.1) is 0 Å². The van der Waals surface area contributed by atoms with Crippen LogP contribution in [0.5, 0.6) is 0 Å². The van der Waals surface area contributed by atoms with Gasteiger partial charge in [-0.2, -0.15) is 0 Å². The summed E-state index contributed by atoms with van der Waals surface area (Å²) in [4.78, 5) is 2.30. The standard InChI is InChI=1S/C16H18BrN3O3/c17-13-4-2-1-3-12(13)15-19-18-14(23-15)11-20-7-5-16(6-8-20)21-9-10-22-16/h1-4H,5-11H2. The quantitative estimate of drug-likeness (QED) is 0.816. The Morgan fingerprint density at radius 3 is 2.57 bits per heavy atom. The minimum atomic E-state index is -0.342. The van der Waals surface area contributed by atoms with Gasteiger partial charge in [0.05, 0.1) is 25.3 Å². The second-order valence-corrected chi connectivity index (χ2v) is 6.72. The van der Waals surface area contributed by atoms with Gasteiger partial charge in [0.25, 0.3) is 0 Å². The first-order valence-corrected chi connectivity index (χ1v) is 8.61.